The molecule has 48 valence electrons. The SMILES string of the molecule is [Cr+6].[NH4+].[NH4+].[O-2].[O-2].[O-2].[O-2]. The van der Waals surface area contributed by atoms with Crippen LogP contribution in [0.5, 0.6) is 0 Å². The van der Waals surface area contributed by atoms with Crippen molar-refractivity contribution >= 4 is 0 Å². The Hall–Kier alpha value is 0.292. The topological polar surface area (TPSA) is 187 Å². The molecular formula is H8CrN2O4. The van der Waals surface area contributed by atoms with Gasteiger partial charge < -0.3 is 34.2 Å². The maximum atomic E-state index is 0. The predicted octanol–water partition coefficient (Wildman–Crippen LogP) is 0.275. The van der Waals surface area contributed by atoms with E-state index in [1.54, 1.807) is 0 Å². The second-order valence-corrected chi connectivity index (χ2v) is 0. The molecule has 0 aliphatic heterocycles. The van der Waals surface area contributed by atoms with Gasteiger partial charge in [0.25, 0.3) is 0 Å². The molecule has 0 aliphatic carbocycles. The van der Waals surface area contributed by atoms with Gasteiger partial charge in [-0.05, 0) is 0 Å². The molecule has 0 aromatic carbocycles. The van der Waals surface area contributed by atoms with Gasteiger partial charge in [-0.3, -0.25) is 0 Å². The van der Waals surface area contributed by atoms with Crippen LogP contribution in [0, 0.1) is 0 Å². The van der Waals surface area contributed by atoms with Gasteiger partial charge in [0, 0.05) is 0 Å². The number of hydrogen-bond donors (Lipinski definition) is 2. The van der Waals surface area contributed by atoms with E-state index in [1.807, 2.05) is 0 Å². The minimum absolute atomic E-state index is 0. The van der Waals surface area contributed by atoms with Crippen LogP contribution in [0.4, 0.5) is 0 Å². The summed E-state index contributed by atoms with van der Waals surface area (Å²) in [6.45, 7) is 0. The van der Waals surface area contributed by atoms with E-state index in [2.05, 4.69) is 0 Å². The van der Waals surface area contributed by atoms with Gasteiger partial charge in [-0.1, -0.05) is 0 Å². The summed E-state index contributed by atoms with van der Waals surface area (Å²) >= 11 is 0. The fourth-order valence-electron chi connectivity index (χ4n) is 0. The van der Waals surface area contributed by atoms with Crippen molar-refractivity contribution in [3.8, 4) is 0 Å². The van der Waals surface area contributed by atoms with Crippen molar-refractivity contribution in [1.82, 2.24) is 12.3 Å². The third-order valence-electron chi connectivity index (χ3n) is 0. The van der Waals surface area contributed by atoms with Crippen molar-refractivity contribution in [2.24, 2.45) is 0 Å². The molecule has 0 bridgehead atoms. The van der Waals surface area contributed by atoms with Crippen LogP contribution in [0.25, 0.3) is 0 Å². The third-order valence-corrected chi connectivity index (χ3v) is 0. The predicted molar refractivity (Wildman–Crippen MR) is 14.7 cm³/mol. The van der Waals surface area contributed by atoms with E-state index in [9.17, 15) is 0 Å². The maximum absolute atomic E-state index is 0. The van der Waals surface area contributed by atoms with E-state index in [0.29, 0.717) is 0 Å². The molecule has 0 aromatic heterocycles. The van der Waals surface area contributed by atoms with E-state index in [0.717, 1.165) is 0 Å². The molecule has 0 aliphatic rings. The smallest absolute Gasteiger partial charge is 2.00 e. The molecule has 8 N–H and O–H groups in total. The van der Waals surface area contributed by atoms with Crippen LogP contribution in [0.3, 0.4) is 0 Å². The summed E-state index contributed by atoms with van der Waals surface area (Å²) in [7, 11) is 0. The van der Waals surface area contributed by atoms with Gasteiger partial charge in [-0.15, -0.1) is 0 Å². The second-order valence-electron chi connectivity index (χ2n) is 0. The minimum Gasteiger partial charge on any atom is -2.00 e. The van der Waals surface area contributed by atoms with Crippen LogP contribution in [0.2, 0.25) is 0 Å². The van der Waals surface area contributed by atoms with E-state index in [-0.39, 0.29) is 51.6 Å². The minimum atomic E-state index is 0. The van der Waals surface area contributed by atoms with Gasteiger partial charge in [0.05, 0.1) is 0 Å². The van der Waals surface area contributed by atoms with Crippen LogP contribution >= 0.6 is 0 Å². The van der Waals surface area contributed by atoms with Gasteiger partial charge in [0.1, 0.15) is 0 Å². The normalized spacial score (nSPS) is 0. The van der Waals surface area contributed by atoms with E-state index < -0.39 is 0 Å². The molecule has 0 saturated carbocycles. The van der Waals surface area contributed by atoms with E-state index in [1.165, 1.54) is 0 Å². The largest absolute Gasteiger partial charge is 6.00 e. The van der Waals surface area contributed by atoms with Crippen molar-refractivity contribution in [2.45, 2.75) is 0 Å². The van der Waals surface area contributed by atoms with Crippen molar-refractivity contribution in [1.29, 1.82) is 0 Å². The Morgan fingerprint density at radius 1 is 0.429 bits per heavy atom. The molecule has 0 heterocycles. The van der Waals surface area contributed by atoms with Crippen LogP contribution in [0.15, 0.2) is 0 Å². The molecule has 0 spiro atoms. The standard InChI is InChI=1S/Cr.2H3N.4O/h;2*1H3;;;;/q+6;;;4*-2/p+2. The molecule has 0 unspecified atom stereocenters. The van der Waals surface area contributed by atoms with Crippen molar-refractivity contribution in [3.05, 3.63) is 0 Å². The number of hydrogen-bond acceptors (Lipinski definition) is 0. The quantitative estimate of drug-likeness (QED) is 0.482. The number of quaternary nitrogens is 2. The van der Waals surface area contributed by atoms with Crippen molar-refractivity contribution in [3.63, 3.8) is 0 Å². The average Bonchev–Trinajstić information content (AvgIpc) is 0. The van der Waals surface area contributed by atoms with Gasteiger partial charge in [0.2, 0.25) is 0 Å². The summed E-state index contributed by atoms with van der Waals surface area (Å²) in [5.74, 6) is 0. The molecule has 7 heteroatoms. The maximum Gasteiger partial charge on any atom is 6.00 e. The van der Waals surface area contributed by atoms with Crippen LogP contribution in [0.1, 0.15) is 0 Å². The Balaban J connectivity index is 0. The molecular weight excluding hydrogens is 144 g/mol. The Bertz CT molecular complexity index is 9.65. The van der Waals surface area contributed by atoms with Gasteiger partial charge in [0.15, 0.2) is 0 Å². The van der Waals surface area contributed by atoms with Crippen molar-refractivity contribution < 1.29 is 39.3 Å². The molecule has 0 radical (unpaired) electrons. The first-order valence-electron chi connectivity index (χ1n) is 0. The van der Waals surface area contributed by atoms with E-state index >= 15 is 0 Å². The summed E-state index contributed by atoms with van der Waals surface area (Å²) in [6, 6.07) is 0. The first-order chi connectivity index (χ1) is 0. The fourth-order valence-corrected chi connectivity index (χ4v) is 0. The van der Waals surface area contributed by atoms with Crippen LogP contribution in [-0.2, 0) is 39.3 Å². The molecule has 0 aromatic rings. The molecule has 0 amide bonds. The van der Waals surface area contributed by atoms with Gasteiger partial charge in [-0.2, -0.15) is 0 Å². The Labute approximate surface area is 52.4 Å². The third kappa shape index (κ3) is 1360. The summed E-state index contributed by atoms with van der Waals surface area (Å²) in [5.41, 5.74) is 0. The Kier molecular flexibility index (Phi) is 994000. The van der Waals surface area contributed by atoms with Crippen LogP contribution < -0.4 is 12.3 Å². The van der Waals surface area contributed by atoms with E-state index in [4.69, 9.17) is 0 Å². The van der Waals surface area contributed by atoms with Gasteiger partial charge in [-0.25, -0.2) is 0 Å². The van der Waals surface area contributed by atoms with Gasteiger partial charge >= 0.3 is 17.4 Å². The first-order valence-corrected chi connectivity index (χ1v) is 0. The second kappa shape index (κ2) is 2060. The summed E-state index contributed by atoms with van der Waals surface area (Å²) < 4.78 is 0. The zero-order chi connectivity index (χ0) is 0. The molecule has 0 saturated heterocycles. The summed E-state index contributed by atoms with van der Waals surface area (Å²) in [6.07, 6.45) is 0. The summed E-state index contributed by atoms with van der Waals surface area (Å²) in [4.78, 5) is 0. The molecule has 0 atom stereocenters. The average molecular weight is 152 g/mol. The molecule has 0 rings (SSSR count). The zero-order valence-electron chi connectivity index (χ0n) is 4.04. The fraction of sp³-hybridized carbons (Fsp3) is 0. The molecule has 6 nitrogen and oxygen atoms in total. The monoisotopic (exact) mass is 152 g/mol. The Morgan fingerprint density at radius 2 is 0.429 bits per heavy atom. The summed E-state index contributed by atoms with van der Waals surface area (Å²) in [5, 5.41) is 0. The van der Waals surface area contributed by atoms with Crippen LogP contribution in [-0.4, -0.2) is 0 Å². The zero-order valence-corrected chi connectivity index (χ0v) is 5.32. The van der Waals surface area contributed by atoms with Crippen molar-refractivity contribution in [2.75, 3.05) is 0 Å². The molecule has 0 fully saturated rings. The molecule has 7 heavy (non-hydrogen) atoms. The number of rotatable bonds is 0. The Morgan fingerprint density at radius 3 is 0.429 bits per heavy atom. The first kappa shape index (κ1) is 3380.